The molecule has 5 heteroatoms. The Hall–Kier alpha value is -1.10. The first-order chi connectivity index (χ1) is 5.46. The molecule has 0 aromatic rings. The molecule has 0 aromatic carbocycles. The van der Waals surface area contributed by atoms with Crippen LogP contribution < -0.4 is 5.32 Å². The number of hydrogen-bond acceptors (Lipinski definition) is 3. The predicted molar refractivity (Wildman–Crippen MR) is 44.1 cm³/mol. The van der Waals surface area contributed by atoms with Crippen molar-refractivity contribution in [1.29, 1.82) is 0 Å². The summed E-state index contributed by atoms with van der Waals surface area (Å²) in [6.07, 6.45) is 1.39. The lowest BCUT2D eigenvalue weighted by atomic mass is 10.3. The molecular formula is C7H15NO4. The molecule has 0 atom stereocenters. The highest BCUT2D eigenvalue weighted by molar-refractivity contribution is 5.63. The van der Waals surface area contributed by atoms with Crippen molar-refractivity contribution >= 4 is 11.9 Å². The topological polar surface area (TPSA) is 86.6 Å². The number of carbonyl (C=O) groups is 2. The Morgan fingerprint density at radius 3 is 1.17 bits per heavy atom. The van der Waals surface area contributed by atoms with E-state index in [1.165, 1.54) is 19.5 Å². The highest BCUT2D eigenvalue weighted by atomic mass is 16.4. The quantitative estimate of drug-likeness (QED) is 0.490. The van der Waals surface area contributed by atoms with E-state index in [-0.39, 0.29) is 0 Å². The van der Waals surface area contributed by atoms with Gasteiger partial charge in [-0.3, -0.25) is 9.59 Å². The van der Waals surface area contributed by atoms with Gasteiger partial charge in [-0.25, -0.2) is 0 Å². The molecule has 0 radical (unpaired) electrons. The second-order valence-electron chi connectivity index (χ2n) is 2.14. The maximum atomic E-state index is 9.00. The van der Waals surface area contributed by atoms with Gasteiger partial charge in [0.2, 0.25) is 0 Å². The minimum Gasteiger partial charge on any atom is -0.481 e. The Balaban J connectivity index is 0. The van der Waals surface area contributed by atoms with Crippen molar-refractivity contribution in [2.75, 3.05) is 13.1 Å². The number of hydrogen-bond donors (Lipinski definition) is 3. The van der Waals surface area contributed by atoms with E-state index in [2.05, 4.69) is 5.32 Å². The van der Waals surface area contributed by atoms with E-state index in [0.717, 1.165) is 13.8 Å². The molecule has 0 aliphatic carbocycles. The molecule has 3 N–H and O–H groups in total. The lowest BCUT2D eigenvalue weighted by molar-refractivity contribution is -0.135. The summed E-state index contributed by atoms with van der Waals surface area (Å²) in [7, 11) is 0. The predicted octanol–water partition coefficient (Wildman–Crippen LogP) is 0.161. The van der Waals surface area contributed by atoms with E-state index in [1.807, 2.05) is 0 Å². The smallest absolute Gasteiger partial charge is 0.300 e. The van der Waals surface area contributed by atoms with E-state index < -0.39 is 11.9 Å². The van der Waals surface area contributed by atoms with Gasteiger partial charge in [0.25, 0.3) is 11.9 Å². The average Bonchev–Trinajstić information content (AvgIpc) is 1.50. The van der Waals surface area contributed by atoms with Crippen molar-refractivity contribution in [3.63, 3.8) is 0 Å². The van der Waals surface area contributed by atoms with Crippen LogP contribution in [0.5, 0.6) is 0 Å². The van der Waals surface area contributed by atoms with Crippen LogP contribution in [-0.4, -0.2) is 35.2 Å². The molecule has 5 nitrogen and oxygen atoms in total. The van der Waals surface area contributed by atoms with Crippen LogP contribution in [0.25, 0.3) is 0 Å². The van der Waals surface area contributed by atoms with E-state index in [4.69, 9.17) is 19.8 Å². The van der Waals surface area contributed by atoms with Crippen molar-refractivity contribution in [2.24, 2.45) is 0 Å². The zero-order chi connectivity index (χ0) is 9.98. The molecule has 1 saturated heterocycles. The first-order valence-electron chi connectivity index (χ1n) is 3.56. The van der Waals surface area contributed by atoms with Crippen molar-refractivity contribution in [3.8, 4) is 0 Å². The summed E-state index contributed by atoms with van der Waals surface area (Å²) >= 11 is 0. The fourth-order valence-electron chi connectivity index (χ4n) is 0.177. The Bertz CT molecular complexity index is 107. The molecule has 1 aliphatic heterocycles. The zero-order valence-electron chi connectivity index (χ0n) is 7.33. The second kappa shape index (κ2) is 9.90. The number of nitrogens with one attached hydrogen (secondary N) is 1. The average molecular weight is 177 g/mol. The highest BCUT2D eigenvalue weighted by Gasteiger charge is 1.92. The molecule has 1 rings (SSSR count). The van der Waals surface area contributed by atoms with Crippen LogP contribution >= 0.6 is 0 Å². The van der Waals surface area contributed by atoms with Crippen LogP contribution in [-0.2, 0) is 9.59 Å². The molecule has 0 saturated carbocycles. The standard InChI is InChI=1S/C3H7N.2C2H4O2/c1-2-4-3-1;2*1-2(3)4/h4H,1-3H2;2*1H3,(H,3,4). The van der Waals surface area contributed by atoms with Gasteiger partial charge in [0.1, 0.15) is 0 Å². The molecular weight excluding hydrogens is 162 g/mol. The van der Waals surface area contributed by atoms with Gasteiger partial charge in [0.05, 0.1) is 0 Å². The Morgan fingerprint density at radius 1 is 1.08 bits per heavy atom. The molecule has 0 aromatic heterocycles. The number of carboxylic acid groups (broad SMARTS) is 2. The molecule has 0 bridgehead atoms. The molecule has 72 valence electrons. The maximum Gasteiger partial charge on any atom is 0.300 e. The third-order valence-electron chi connectivity index (χ3n) is 0.707. The van der Waals surface area contributed by atoms with Gasteiger partial charge in [0.15, 0.2) is 0 Å². The van der Waals surface area contributed by atoms with E-state index in [1.54, 1.807) is 0 Å². The van der Waals surface area contributed by atoms with Gasteiger partial charge < -0.3 is 15.5 Å². The summed E-state index contributed by atoms with van der Waals surface area (Å²) in [4.78, 5) is 18.0. The molecule has 1 heterocycles. The van der Waals surface area contributed by atoms with Crippen molar-refractivity contribution < 1.29 is 19.8 Å². The molecule has 0 amide bonds. The summed E-state index contributed by atoms with van der Waals surface area (Å²) in [6, 6.07) is 0. The summed E-state index contributed by atoms with van der Waals surface area (Å²) in [6.45, 7) is 4.67. The Labute approximate surface area is 71.4 Å². The minimum atomic E-state index is -0.833. The van der Waals surface area contributed by atoms with Crippen LogP contribution in [0.4, 0.5) is 0 Å². The monoisotopic (exact) mass is 177 g/mol. The third kappa shape index (κ3) is 66.0. The van der Waals surface area contributed by atoms with Gasteiger partial charge in [-0.2, -0.15) is 0 Å². The Kier molecular flexibility index (Phi) is 11.1. The maximum absolute atomic E-state index is 9.00. The van der Waals surface area contributed by atoms with Crippen LogP contribution in [0.2, 0.25) is 0 Å². The molecule has 0 spiro atoms. The summed E-state index contributed by atoms with van der Waals surface area (Å²) in [5.41, 5.74) is 0. The molecule has 1 aliphatic rings. The Morgan fingerprint density at radius 2 is 1.17 bits per heavy atom. The third-order valence-corrected chi connectivity index (χ3v) is 0.707. The fourth-order valence-corrected chi connectivity index (χ4v) is 0.177. The minimum absolute atomic E-state index is 0.833. The second-order valence-corrected chi connectivity index (χ2v) is 2.14. The summed E-state index contributed by atoms with van der Waals surface area (Å²) < 4.78 is 0. The lowest BCUT2D eigenvalue weighted by Crippen LogP contribution is -2.29. The molecule has 0 unspecified atom stereocenters. The molecule has 12 heavy (non-hydrogen) atoms. The number of rotatable bonds is 0. The van der Waals surface area contributed by atoms with Crippen molar-refractivity contribution in [2.45, 2.75) is 20.3 Å². The molecule has 1 fully saturated rings. The number of carboxylic acids is 2. The van der Waals surface area contributed by atoms with Gasteiger partial charge in [0, 0.05) is 13.8 Å². The van der Waals surface area contributed by atoms with Gasteiger partial charge in [-0.05, 0) is 19.5 Å². The van der Waals surface area contributed by atoms with Gasteiger partial charge in [-0.15, -0.1) is 0 Å². The van der Waals surface area contributed by atoms with Crippen LogP contribution in [0.3, 0.4) is 0 Å². The van der Waals surface area contributed by atoms with Gasteiger partial charge in [-0.1, -0.05) is 0 Å². The fraction of sp³-hybridized carbons (Fsp3) is 0.714. The number of aliphatic carboxylic acids is 2. The normalized spacial score (nSPS) is 12.2. The van der Waals surface area contributed by atoms with Gasteiger partial charge >= 0.3 is 0 Å². The van der Waals surface area contributed by atoms with Crippen LogP contribution in [0.15, 0.2) is 0 Å². The van der Waals surface area contributed by atoms with Crippen molar-refractivity contribution in [3.05, 3.63) is 0 Å². The van der Waals surface area contributed by atoms with Crippen LogP contribution in [0.1, 0.15) is 20.3 Å². The van der Waals surface area contributed by atoms with E-state index in [0.29, 0.717) is 0 Å². The van der Waals surface area contributed by atoms with E-state index >= 15 is 0 Å². The first kappa shape index (κ1) is 13.5. The zero-order valence-corrected chi connectivity index (χ0v) is 7.33. The lowest BCUT2D eigenvalue weighted by Gasteiger charge is -2.09. The summed E-state index contributed by atoms with van der Waals surface area (Å²) in [5.74, 6) is -1.67. The SMILES string of the molecule is C1CNC1.CC(=O)O.CC(=O)O. The summed E-state index contributed by atoms with van der Waals surface area (Å²) in [5, 5.41) is 17.9. The van der Waals surface area contributed by atoms with Crippen LogP contribution in [0, 0.1) is 0 Å². The first-order valence-corrected chi connectivity index (χ1v) is 3.56. The van der Waals surface area contributed by atoms with E-state index in [9.17, 15) is 0 Å². The largest absolute Gasteiger partial charge is 0.481 e. The van der Waals surface area contributed by atoms with Crippen molar-refractivity contribution in [1.82, 2.24) is 5.32 Å². The highest BCUT2D eigenvalue weighted by Crippen LogP contribution is 1.80.